The first-order valence-corrected chi connectivity index (χ1v) is 5.35. The predicted octanol–water partition coefficient (Wildman–Crippen LogP) is 2.68. The zero-order valence-electron chi connectivity index (χ0n) is 8.70. The van der Waals surface area contributed by atoms with Crippen LogP contribution >= 0.6 is 0 Å². The average molecular weight is 217 g/mol. The third-order valence-corrected chi connectivity index (χ3v) is 2.95. The molecule has 0 unspecified atom stereocenters. The maximum Gasteiger partial charge on any atom is 0.149 e. The quantitative estimate of drug-likeness (QED) is 0.812. The molecule has 0 saturated heterocycles. The second kappa shape index (κ2) is 3.33. The number of halogens is 1. The van der Waals surface area contributed by atoms with E-state index < -0.39 is 0 Å². The molecule has 0 bridgehead atoms. The number of nitrogens with one attached hydrogen (secondary N) is 1. The molecule has 0 aliphatic heterocycles. The van der Waals surface area contributed by atoms with Gasteiger partial charge in [-0.3, -0.25) is 5.10 Å². The summed E-state index contributed by atoms with van der Waals surface area (Å²) in [7, 11) is 0. The molecule has 1 heterocycles. The van der Waals surface area contributed by atoms with Gasteiger partial charge in [0.1, 0.15) is 11.6 Å². The van der Waals surface area contributed by atoms with Crippen molar-refractivity contribution in [2.45, 2.75) is 18.8 Å². The molecule has 3 rings (SSSR count). The molecular weight excluding hydrogens is 205 g/mol. The molecule has 4 heteroatoms. The minimum absolute atomic E-state index is 0.232. The number of hydrogen-bond donors (Lipinski definition) is 2. The number of H-pyrrole nitrogens is 1. The normalized spacial score (nSPS) is 15.3. The van der Waals surface area contributed by atoms with Gasteiger partial charge in [-0.15, -0.1) is 0 Å². The Morgan fingerprint density at radius 3 is 2.56 bits per heavy atom. The van der Waals surface area contributed by atoms with Gasteiger partial charge in [-0.05, 0) is 43.0 Å². The summed E-state index contributed by atoms with van der Waals surface area (Å²) in [6.07, 6.45) is 2.33. The summed E-state index contributed by atoms with van der Waals surface area (Å²) < 4.78 is 12.8. The first-order valence-electron chi connectivity index (χ1n) is 5.35. The van der Waals surface area contributed by atoms with Gasteiger partial charge in [-0.25, -0.2) is 4.39 Å². The van der Waals surface area contributed by atoms with Crippen molar-refractivity contribution in [3.8, 4) is 11.3 Å². The second-order valence-electron chi connectivity index (χ2n) is 4.18. The van der Waals surface area contributed by atoms with E-state index in [4.69, 9.17) is 5.73 Å². The van der Waals surface area contributed by atoms with Gasteiger partial charge in [0, 0.05) is 11.1 Å². The molecule has 1 aromatic heterocycles. The molecule has 1 fully saturated rings. The number of aromatic nitrogens is 2. The number of nitrogens with zero attached hydrogens (tertiary/aromatic N) is 1. The summed E-state index contributed by atoms with van der Waals surface area (Å²) in [5, 5.41) is 6.97. The molecule has 0 radical (unpaired) electrons. The van der Waals surface area contributed by atoms with Gasteiger partial charge in [0.2, 0.25) is 0 Å². The van der Waals surface area contributed by atoms with Crippen LogP contribution < -0.4 is 5.73 Å². The van der Waals surface area contributed by atoms with Crippen molar-refractivity contribution in [2.24, 2.45) is 0 Å². The van der Waals surface area contributed by atoms with Gasteiger partial charge in [0.15, 0.2) is 0 Å². The lowest BCUT2D eigenvalue weighted by molar-refractivity contribution is 0.628. The number of rotatable bonds is 2. The van der Waals surface area contributed by atoms with Crippen LogP contribution in [0.2, 0.25) is 0 Å². The van der Waals surface area contributed by atoms with Crippen molar-refractivity contribution in [1.29, 1.82) is 0 Å². The SMILES string of the molecule is Nc1n[nH]c(-c2ccc(F)cc2)c1C1CC1. The topological polar surface area (TPSA) is 54.7 Å². The van der Waals surface area contributed by atoms with E-state index in [2.05, 4.69) is 10.2 Å². The van der Waals surface area contributed by atoms with Crippen LogP contribution in [0.1, 0.15) is 24.3 Å². The molecule has 0 spiro atoms. The van der Waals surface area contributed by atoms with Crippen molar-refractivity contribution < 1.29 is 4.39 Å². The number of nitrogens with two attached hydrogens (primary N) is 1. The fraction of sp³-hybridized carbons (Fsp3) is 0.250. The molecule has 1 saturated carbocycles. The van der Waals surface area contributed by atoms with Crippen LogP contribution in [0.25, 0.3) is 11.3 Å². The lowest BCUT2D eigenvalue weighted by atomic mass is 10.0. The number of aromatic amines is 1. The van der Waals surface area contributed by atoms with E-state index in [9.17, 15) is 4.39 Å². The van der Waals surface area contributed by atoms with E-state index in [0.717, 1.165) is 29.7 Å². The maximum absolute atomic E-state index is 12.8. The zero-order chi connectivity index (χ0) is 11.1. The Hall–Kier alpha value is -1.84. The van der Waals surface area contributed by atoms with Crippen LogP contribution in [0.15, 0.2) is 24.3 Å². The van der Waals surface area contributed by atoms with Crippen LogP contribution in [-0.2, 0) is 0 Å². The van der Waals surface area contributed by atoms with Gasteiger partial charge in [0.05, 0.1) is 5.69 Å². The fourth-order valence-electron chi connectivity index (χ4n) is 1.99. The summed E-state index contributed by atoms with van der Waals surface area (Å²) in [6, 6.07) is 6.38. The average Bonchev–Trinajstić information content (AvgIpc) is 3.04. The Morgan fingerprint density at radius 2 is 1.94 bits per heavy atom. The van der Waals surface area contributed by atoms with Crippen LogP contribution in [0.5, 0.6) is 0 Å². The third kappa shape index (κ3) is 1.46. The predicted molar refractivity (Wildman–Crippen MR) is 60.4 cm³/mol. The van der Waals surface area contributed by atoms with Gasteiger partial charge < -0.3 is 5.73 Å². The number of benzene rings is 1. The fourth-order valence-corrected chi connectivity index (χ4v) is 1.99. The first-order chi connectivity index (χ1) is 7.75. The largest absolute Gasteiger partial charge is 0.382 e. The van der Waals surface area contributed by atoms with Crippen LogP contribution in [-0.4, -0.2) is 10.2 Å². The second-order valence-corrected chi connectivity index (χ2v) is 4.18. The highest BCUT2D eigenvalue weighted by atomic mass is 19.1. The summed E-state index contributed by atoms with van der Waals surface area (Å²) in [5.41, 5.74) is 8.79. The Labute approximate surface area is 92.5 Å². The highest BCUT2D eigenvalue weighted by molar-refractivity contribution is 5.69. The Morgan fingerprint density at radius 1 is 1.25 bits per heavy atom. The molecule has 16 heavy (non-hydrogen) atoms. The molecule has 2 aromatic rings. The molecule has 1 aromatic carbocycles. The highest BCUT2D eigenvalue weighted by Crippen LogP contribution is 2.46. The van der Waals surface area contributed by atoms with Gasteiger partial charge in [-0.1, -0.05) is 0 Å². The van der Waals surface area contributed by atoms with E-state index in [1.807, 2.05) is 0 Å². The monoisotopic (exact) mass is 217 g/mol. The third-order valence-electron chi connectivity index (χ3n) is 2.95. The molecule has 82 valence electrons. The first kappa shape index (κ1) is 9.39. The smallest absolute Gasteiger partial charge is 0.149 e. The standard InChI is InChI=1S/C12H12FN3/c13-9-5-3-8(4-6-9)11-10(7-1-2-7)12(14)16-15-11/h3-7H,1-2H2,(H3,14,15,16). The minimum atomic E-state index is -0.232. The van der Waals surface area contributed by atoms with Gasteiger partial charge in [-0.2, -0.15) is 5.10 Å². The van der Waals surface area contributed by atoms with Crippen molar-refractivity contribution in [3.63, 3.8) is 0 Å². The van der Waals surface area contributed by atoms with E-state index in [0.29, 0.717) is 11.7 Å². The number of hydrogen-bond acceptors (Lipinski definition) is 2. The van der Waals surface area contributed by atoms with Crippen molar-refractivity contribution in [1.82, 2.24) is 10.2 Å². The lowest BCUT2D eigenvalue weighted by Crippen LogP contribution is -1.90. The number of nitrogen functional groups attached to an aromatic ring is 1. The van der Waals surface area contributed by atoms with Crippen LogP contribution in [0.4, 0.5) is 10.2 Å². The highest BCUT2D eigenvalue weighted by Gasteiger charge is 2.30. The summed E-state index contributed by atoms with van der Waals surface area (Å²) in [5.74, 6) is 0.866. The Bertz CT molecular complexity index is 512. The molecule has 3 N–H and O–H groups in total. The molecule has 0 amide bonds. The number of anilines is 1. The zero-order valence-corrected chi connectivity index (χ0v) is 8.70. The van der Waals surface area contributed by atoms with Crippen molar-refractivity contribution in [2.75, 3.05) is 5.73 Å². The summed E-state index contributed by atoms with van der Waals surface area (Å²) >= 11 is 0. The molecule has 3 nitrogen and oxygen atoms in total. The summed E-state index contributed by atoms with van der Waals surface area (Å²) in [6.45, 7) is 0. The molecule has 0 atom stereocenters. The van der Waals surface area contributed by atoms with Crippen LogP contribution in [0.3, 0.4) is 0 Å². The van der Waals surface area contributed by atoms with E-state index in [1.54, 1.807) is 12.1 Å². The Balaban J connectivity index is 2.08. The molecular formula is C12H12FN3. The molecule has 1 aliphatic rings. The maximum atomic E-state index is 12.8. The van der Waals surface area contributed by atoms with E-state index >= 15 is 0 Å². The van der Waals surface area contributed by atoms with Gasteiger partial charge in [0.25, 0.3) is 0 Å². The van der Waals surface area contributed by atoms with Crippen LogP contribution in [0, 0.1) is 5.82 Å². The van der Waals surface area contributed by atoms with E-state index in [-0.39, 0.29) is 5.82 Å². The van der Waals surface area contributed by atoms with E-state index in [1.165, 1.54) is 12.1 Å². The minimum Gasteiger partial charge on any atom is -0.382 e. The summed E-state index contributed by atoms with van der Waals surface area (Å²) in [4.78, 5) is 0. The van der Waals surface area contributed by atoms with Crippen molar-refractivity contribution in [3.05, 3.63) is 35.6 Å². The van der Waals surface area contributed by atoms with Gasteiger partial charge >= 0.3 is 0 Å². The van der Waals surface area contributed by atoms with Crippen molar-refractivity contribution >= 4 is 5.82 Å². The Kier molecular flexibility index (Phi) is 1.96. The molecule has 1 aliphatic carbocycles. The lowest BCUT2D eigenvalue weighted by Gasteiger charge is -2.02.